The van der Waals surface area contributed by atoms with Crippen LogP contribution < -0.4 is 5.32 Å². The molecule has 1 rings (SSSR count). The van der Waals surface area contributed by atoms with Crippen LogP contribution >= 0.6 is 0 Å². The Balaban J connectivity index is 2.94. The van der Waals surface area contributed by atoms with Crippen molar-refractivity contribution in [3.63, 3.8) is 0 Å². The van der Waals surface area contributed by atoms with Gasteiger partial charge < -0.3 is 5.32 Å². The molecule has 0 atom stereocenters. The molecule has 0 fully saturated rings. The molecular weight excluding hydrogens is 250 g/mol. The molecule has 0 aliphatic heterocycles. The number of allylic oxidation sites excluding steroid dienone is 2. The number of carbonyl (C=O) groups is 1. The van der Waals surface area contributed by atoms with Crippen molar-refractivity contribution in [2.75, 3.05) is 0 Å². The highest BCUT2D eigenvalue weighted by molar-refractivity contribution is 5.79. The molecule has 18 heavy (non-hydrogen) atoms. The summed E-state index contributed by atoms with van der Waals surface area (Å²) < 4.78 is 50.0. The van der Waals surface area contributed by atoms with E-state index in [1.54, 1.807) is 5.32 Å². The summed E-state index contributed by atoms with van der Waals surface area (Å²) in [5.41, 5.74) is -0.498. The number of nitrogens with one attached hydrogen (secondary N) is 1. The summed E-state index contributed by atoms with van der Waals surface area (Å²) in [4.78, 5) is 10.4. The fourth-order valence-electron chi connectivity index (χ4n) is 1.20. The van der Waals surface area contributed by atoms with Gasteiger partial charge in [0.25, 0.3) is 0 Å². The van der Waals surface area contributed by atoms with Crippen LogP contribution in [0.3, 0.4) is 0 Å². The summed E-state index contributed by atoms with van der Waals surface area (Å²) in [7, 11) is 0. The normalized spacial score (nSPS) is 10.9. The summed E-state index contributed by atoms with van der Waals surface area (Å²) in [5, 5.41) is 1.68. The average molecular weight is 259 g/mol. The number of alkyl halides is 2. The first-order chi connectivity index (χ1) is 8.45. The van der Waals surface area contributed by atoms with Gasteiger partial charge in [-0.15, -0.1) is 0 Å². The first kappa shape index (κ1) is 14.0. The first-order valence-electron chi connectivity index (χ1n) is 4.80. The van der Waals surface area contributed by atoms with Crippen LogP contribution in [0.4, 0.5) is 17.6 Å². The maximum Gasteiger partial charge on any atom is 0.312 e. The molecule has 0 aliphatic carbocycles. The lowest BCUT2D eigenvalue weighted by atomic mass is 10.0. The van der Waals surface area contributed by atoms with Crippen LogP contribution in [-0.4, -0.2) is 12.8 Å². The molecule has 0 unspecified atom stereocenters. The third kappa shape index (κ3) is 3.44. The van der Waals surface area contributed by atoms with Gasteiger partial charge in [-0.3, -0.25) is 4.79 Å². The molecule has 0 amide bonds. The smallest absolute Gasteiger partial charge is 0.312 e. The zero-order chi connectivity index (χ0) is 13.7. The van der Waals surface area contributed by atoms with Crippen molar-refractivity contribution in [3.8, 4) is 0 Å². The second-order valence-electron chi connectivity index (χ2n) is 3.30. The van der Waals surface area contributed by atoms with E-state index in [4.69, 9.17) is 0 Å². The topological polar surface area (TPSA) is 29.1 Å². The molecule has 1 aromatic carbocycles. The van der Waals surface area contributed by atoms with Crippen LogP contribution in [0.1, 0.15) is 15.9 Å². The van der Waals surface area contributed by atoms with Gasteiger partial charge in [0.2, 0.25) is 0 Å². The highest BCUT2D eigenvalue weighted by Crippen LogP contribution is 2.19. The molecule has 0 saturated carbocycles. The van der Waals surface area contributed by atoms with Crippen molar-refractivity contribution in [1.29, 1.82) is 0 Å². The molecule has 1 N–H and O–H groups in total. The number of carbonyl (C=O) groups excluding carboxylic acids is 1. The molecule has 0 radical (unpaired) electrons. The lowest BCUT2D eigenvalue weighted by Gasteiger charge is -2.04. The molecule has 96 valence electrons. The van der Waals surface area contributed by atoms with E-state index >= 15 is 0 Å². The second-order valence-corrected chi connectivity index (χ2v) is 3.30. The van der Waals surface area contributed by atoms with Gasteiger partial charge in [0.15, 0.2) is 6.29 Å². The monoisotopic (exact) mass is 259 g/mol. The molecule has 0 heterocycles. The van der Waals surface area contributed by atoms with Crippen LogP contribution in [-0.2, 0) is 0 Å². The summed E-state index contributed by atoms with van der Waals surface area (Å²) in [6, 6.07) is 1.81. The number of rotatable bonds is 5. The van der Waals surface area contributed by atoms with Gasteiger partial charge in [-0.05, 0) is 29.3 Å². The first-order valence-corrected chi connectivity index (χ1v) is 4.80. The Labute approximate surface area is 101 Å². The second kappa shape index (κ2) is 6.00. The summed E-state index contributed by atoms with van der Waals surface area (Å²) in [6.45, 7) is 0.730. The van der Waals surface area contributed by atoms with Crippen LogP contribution in [0.5, 0.6) is 0 Å². The van der Waals surface area contributed by atoms with Crippen molar-refractivity contribution in [2.24, 2.45) is 0 Å². The maximum absolute atomic E-state index is 13.2. The minimum atomic E-state index is -2.74. The van der Waals surface area contributed by atoms with E-state index in [9.17, 15) is 22.4 Å². The Morgan fingerprint density at radius 3 is 2.28 bits per heavy atom. The number of hydrogen-bond acceptors (Lipinski definition) is 2. The lowest BCUT2D eigenvalue weighted by Crippen LogP contribution is -2.11. The third-order valence-corrected chi connectivity index (χ3v) is 2.07. The van der Waals surface area contributed by atoms with Gasteiger partial charge in [0.1, 0.15) is 11.6 Å². The van der Waals surface area contributed by atoms with E-state index in [2.05, 4.69) is 6.58 Å². The molecule has 0 aromatic heterocycles. The number of aldehydes is 1. The molecule has 0 bridgehead atoms. The van der Waals surface area contributed by atoms with Gasteiger partial charge in [0.05, 0.1) is 5.56 Å². The van der Waals surface area contributed by atoms with Crippen LogP contribution in [0, 0.1) is 11.6 Å². The van der Waals surface area contributed by atoms with Crippen molar-refractivity contribution < 1.29 is 22.4 Å². The van der Waals surface area contributed by atoms with Crippen LogP contribution in [0.15, 0.2) is 31.0 Å². The highest BCUT2D eigenvalue weighted by atomic mass is 19.3. The fourth-order valence-corrected chi connectivity index (χ4v) is 1.20. The number of halogens is 4. The SMILES string of the molecule is C=C(/C=C\NC(F)F)c1cc(F)c(C=O)c(F)c1. The molecule has 1 aromatic rings. The van der Waals surface area contributed by atoms with Crippen LogP contribution in [0.25, 0.3) is 5.57 Å². The molecule has 0 spiro atoms. The lowest BCUT2D eigenvalue weighted by molar-refractivity contribution is 0.111. The van der Waals surface area contributed by atoms with E-state index in [1.165, 1.54) is 0 Å². The van der Waals surface area contributed by atoms with E-state index < -0.39 is 23.7 Å². The highest BCUT2D eigenvalue weighted by Gasteiger charge is 2.10. The largest absolute Gasteiger partial charge is 0.336 e. The Morgan fingerprint density at radius 2 is 1.83 bits per heavy atom. The molecule has 0 saturated heterocycles. The van der Waals surface area contributed by atoms with Gasteiger partial charge in [-0.1, -0.05) is 6.58 Å². The van der Waals surface area contributed by atoms with E-state index in [0.717, 1.165) is 24.4 Å². The Hall–Kier alpha value is -2.11. The minimum absolute atomic E-state index is 0.0583. The van der Waals surface area contributed by atoms with Crippen molar-refractivity contribution in [2.45, 2.75) is 6.55 Å². The minimum Gasteiger partial charge on any atom is -0.336 e. The number of hydrogen-bond donors (Lipinski definition) is 1. The van der Waals surface area contributed by atoms with Gasteiger partial charge in [0, 0.05) is 6.20 Å². The van der Waals surface area contributed by atoms with Crippen molar-refractivity contribution >= 4 is 11.9 Å². The summed E-state index contributed by atoms with van der Waals surface area (Å²) in [6.07, 6.45) is 2.11. The van der Waals surface area contributed by atoms with Crippen molar-refractivity contribution in [3.05, 3.63) is 53.7 Å². The fraction of sp³-hybridized carbons (Fsp3) is 0.0833. The molecule has 6 heteroatoms. The van der Waals surface area contributed by atoms with Crippen LogP contribution in [0.2, 0.25) is 0 Å². The zero-order valence-electron chi connectivity index (χ0n) is 9.09. The Kier molecular flexibility index (Phi) is 4.65. The average Bonchev–Trinajstić information content (AvgIpc) is 2.27. The van der Waals surface area contributed by atoms with Gasteiger partial charge in [-0.2, -0.15) is 8.78 Å². The van der Waals surface area contributed by atoms with Crippen molar-refractivity contribution in [1.82, 2.24) is 5.32 Å². The van der Waals surface area contributed by atoms with Gasteiger partial charge in [-0.25, -0.2) is 8.78 Å². The summed E-state index contributed by atoms with van der Waals surface area (Å²) in [5.74, 6) is -2.06. The van der Waals surface area contributed by atoms with E-state index in [1.807, 2.05) is 0 Å². The standard InChI is InChI=1S/C12H9F4NO/c1-7(2-3-17-12(15)16)8-4-10(13)9(6-18)11(14)5-8/h2-6,12,17H,1H2/b3-2-. The predicted octanol–water partition coefficient (Wildman–Crippen LogP) is 3.12. The molecule has 2 nitrogen and oxygen atoms in total. The predicted molar refractivity (Wildman–Crippen MR) is 59.1 cm³/mol. The van der Waals surface area contributed by atoms with E-state index in [-0.39, 0.29) is 17.4 Å². The third-order valence-electron chi connectivity index (χ3n) is 2.07. The van der Waals surface area contributed by atoms with E-state index in [0.29, 0.717) is 0 Å². The number of benzene rings is 1. The van der Waals surface area contributed by atoms with Gasteiger partial charge >= 0.3 is 6.55 Å². The summed E-state index contributed by atoms with van der Waals surface area (Å²) >= 11 is 0. The zero-order valence-corrected chi connectivity index (χ0v) is 9.09. The molecular formula is C12H9F4NO. The Bertz CT molecular complexity index is 474. The quantitative estimate of drug-likeness (QED) is 0.381. The maximum atomic E-state index is 13.2. The molecule has 0 aliphatic rings. The Morgan fingerprint density at radius 1 is 1.28 bits per heavy atom.